The van der Waals surface area contributed by atoms with Crippen LogP contribution in [-0.2, 0) is 14.3 Å². The molecule has 146 valence electrons. The fourth-order valence-corrected chi connectivity index (χ4v) is 3.50. The molecule has 0 spiro atoms. The number of rotatable bonds is 6. The molecule has 0 aliphatic carbocycles. The maximum Gasteiger partial charge on any atom is 0.295 e. The van der Waals surface area contributed by atoms with Crippen LogP contribution in [0.3, 0.4) is 0 Å². The van der Waals surface area contributed by atoms with E-state index in [0.29, 0.717) is 21.9 Å². The van der Waals surface area contributed by atoms with Gasteiger partial charge in [-0.15, -0.1) is 0 Å². The quantitative estimate of drug-likeness (QED) is 0.456. The molecule has 1 saturated heterocycles. The van der Waals surface area contributed by atoms with E-state index in [1.54, 1.807) is 48.5 Å². The number of methoxy groups -OCH3 is 2. The average molecular weight is 402 g/mol. The zero-order valence-electron chi connectivity index (χ0n) is 15.5. The van der Waals surface area contributed by atoms with Gasteiger partial charge in [-0.05, 0) is 18.2 Å². The largest absolute Gasteiger partial charge is 0.507 e. The number of ketones is 1. The molecule has 1 aliphatic heterocycles. The van der Waals surface area contributed by atoms with Gasteiger partial charge in [0.2, 0.25) is 0 Å². The van der Waals surface area contributed by atoms with Crippen molar-refractivity contribution in [3.05, 3.63) is 70.3 Å². The number of likely N-dealkylation sites (tertiary alicyclic amines) is 1. The summed E-state index contributed by atoms with van der Waals surface area (Å²) < 4.78 is 10.5. The molecule has 6 nitrogen and oxygen atoms in total. The average Bonchev–Trinajstić information content (AvgIpc) is 2.96. The maximum atomic E-state index is 12.8. The summed E-state index contributed by atoms with van der Waals surface area (Å²) in [6.07, 6.45) is 0. The maximum absolute atomic E-state index is 12.8. The highest BCUT2D eigenvalue weighted by Gasteiger charge is 2.46. The van der Waals surface area contributed by atoms with Gasteiger partial charge in [0.1, 0.15) is 11.5 Å². The predicted octanol–water partition coefficient (Wildman–Crippen LogP) is 3.42. The Morgan fingerprint density at radius 3 is 2.57 bits per heavy atom. The minimum absolute atomic E-state index is 0.00660. The van der Waals surface area contributed by atoms with Crippen LogP contribution >= 0.6 is 11.6 Å². The standard InChI is InChI=1S/C21H20ClNO5/c1-27-11-10-23-18(15-8-3-4-9-16(15)28-2)17(20(25)21(23)26)19(24)13-6-5-7-14(22)12-13/h3-9,12,18,24H,10-11H2,1-2H3/b19-17-. The molecule has 1 fully saturated rings. The SMILES string of the molecule is COCCN1C(=O)C(=O)/C(=C(\O)c2cccc(Cl)c2)C1c1ccccc1OC. The molecule has 1 aliphatic rings. The molecule has 2 aromatic rings. The van der Waals surface area contributed by atoms with Gasteiger partial charge in [0.25, 0.3) is 11.7 Å². The van der Waals surface area contributed by atoms with Crippen LogP contribution in [0.15, 0.2) is 54.1 Å². The monoisotopic (exact) mass is 401 g/mol. The van der Waals surface area contributed by atoms with Crippen LogP contribution < -0.4 is 4.74 Å². The van der Waals surface area contributed by atoms with E-state index in [0.717, 1.165) is 0 Å². The van der Waals surface area contributed by atoms with Crippen LogP contribution in [-0.4, -0.2) is 49.1 Å². The van der Waals surface area contributed by atoms with Crippen molar-refractivity contribution >= 4 is 29.1 Å². The van der Waals surface area contributed by atoms with Gasteiger partial charge in [0.05, 0.1) is 25.3 Å². The van der Waals surface area contributed by atoms with Gasteiger partial charge in [-0.3, -0.25) is 9.59 Å². The fourth-order valence-electron chi connectivity index (χ4n) is 3.31. The first-order valence-electron chi connectivity index (χ1n) is 8.65. The van der Waals surface area contributed by atoms with Crippen LogP contribution in [0.4, 0.5) is 0 Å². The number of ether oxygens (including phenoxy) is 2. The van der Waals surface area contributed by atoms with Crippen LogP contribution in [0.25, 0.3) is 5.76 Å². The molecule has 28 heavy (non-hydrogen) atoms. The van der Waals surface area contributed by atoms with Crippen LogP contribution in [0.1, 0.15) is 17.2 Å². The second-order valence-electron chi connectivity index (χ2n) is 6.24. The lowest BCUT2D eigenvalue weighted by Crippen LogP contribution is -2.32. The molecule has 1 heterocycles. The number of para-hydroxylation sites is 1. The Morgan fingerprint density at radius 1 is 1.14 bits per heavy atom. The Morgan fingerprint density at radius 2 is 1.89 bits per heavy atom. The number of hydrogen-bond donors (Lipinski definition) is 1. The van der Waals surface area contributed by atoms with E-state index in [4.69, 9.17) is 21.1 Å². The number of carbonyl (C=O) groups excluding carboxylic acids is 2. The predicted molar refractivity (Wildman–Crippen MR) is 105 cm³/mol. The van der Waals surface area contributed by atoms with Gasteiger partial charge in [0, 0.05) is 29.8 Å². The highest BCUT2D eigenvalue weighted by atomic mass is 35.5. The van der Waals surface area contributed by atoms with E-state index in [1.165, 1.54) is 19.1 Å². The van der Waals surface area contributed by atoms with Crippen molar-refractivity contribution in [3.8, 4) is 5.75 Å². The highest BCUT2D eigenvalue weighted by Crippen LogP contribution is 2.42. The van der Waals surface area contributed by atoms with E-state index in [9.17, 15) is 14.7 Å². The summed E-state index contributed by atoms with van der Waals surface area (Å²) in [6, 6.07) is 12.8. The lowest BCUT2D eigenvalue weighted by Gasteiger charge is -2.26. The molecule has 7 heteroatoms. The lowest BCUT2D eigenvalue weighted by molar-refractivity contribution is -0.140. The summed E-state index contributed by atoms with van der Waals surface area (Å²) >= 11 is 6.03. The number of Topliss-reactive ketones (excluding diaryl/α,β-unsaturated/α-hetero) is 1. The summed E-state index contributed by atoms with van der Waals surface area (Å²) in [7, 11) is 3.03. The fraction of sp³-hybridized carbons (Fsp3) is 0.238. The summed E-state index contributed by atoms with van der Waals surface area (Å²) in [5, 5.41) is 11.3. The van der Waals surface area contributed by atoms with Gasteiger partial charge in [-0.1, -0.05) is 41.9 Å². The summed E-state index contributed by atoms with van der Waals surface area (Å²) in [4.78, 5) is 26.9. The Labute approximate surface area is 167 Å². The number of amides is 1. The number of nitrogens with zero attached hydrogens (tertiary/aromatic N) is 1. The van der Waals surface area contributed by atoms with E-state index in [1.807, 2.05) is 0 Å². The topological polar surface area (TPSA) is 76.1 Å². The smallest absolute Gasteiger partial charge is 0.295 e. The van der Waals surface area contributed by atoms with Crippen molar-refractivity contribution in [2.24, 2.45) is 0 Å². The zero-order valence-corrected chi connectivity index (χ0v) is 16.3. The second-order valence-corrected chi connectivity index (χ2v) is 6.67. The first-order valence-corrected chi connectivity index (χ1v) is 9.03. The molecular formula is C21H20ClNO5. The molecular weight excluding hydrogens is 382 g/mol. The molecule has 1 amide bonds. The third-order valence-electron chi connectivity index (χ3n) is 4.61. The van der Waals surface area contributed by atoms with Crippen molar-refractivity contribution < 1.29 is 24.2 Å². The molecule has 0 bridgehead atoms. The van der Waals surface area contributed by atoms with E-state index in [2.05, 4.69) is 0 Å². The molecule has 1 atom stereocenters. The zero-order chi connectivity index (χ0) is 20.3. The molecule has 2 aromatic carbocycles. The molecule has 0 aromatic heterocycles. The number of aliphatic hydroxyl groups is 1. The van der Waals surface area contributed by atoms with Crippen LogP contribution in [0.2, 0.25) is 5.02 Å². The molecule has 1 N–H and O–H groups in total. The summed E-state index contributed by atoms with van der Waals surface area (Å²) in [6.45, 7) is 0.436. The summed E-state index contributed by atoms with van der Waals surface area (Å²) in [5.74, 6) is -1.23. The Hall–Kier alpha value is -2.83. The normalized spacial score (nSPS) is 18.5. The van der Waals surface area contributed by atoms with Crippen molar-refractivity contribution in [2.45, 2.75) is 6.04 Å². The molecule has 0 radical (unpaired) electrons. The van der Waals surface area contributed by atoms with E-state index in [-0.39, 0.29) is 24.5 Å². The number of hydrogen-bond acceptors (Lipinski definition) is 5. The Bertz CT molecular complexity index is 940. The van der Waals surface area contributed by atoms with Gasteiger partial charge in [-0.25, -0.2) is 0 Å². The number of aliphatic hydroxyl groups excluding tert-OH is 1. The first kappa shape index (κ1) is 19.9. The van der Waals surface area contributed by atoms with Crippen molar-refractivity contribution in [1.29, 1.82) is 0 Å². The van der Waals surface area contributed by atoms with Crippen LogP contribution in [0, 0.1) is 0 Å². The molecule has 0 saturated carbocycles. The third-order valence-corrected chi connectivity index (χ3v) is 4.84. The Balaban J connectivity index is 2.22. The van der Waals surface area contributed by atoms with Gasteiger partial charge < -0.3 is 19.5 Å². The number of halogens is 1. The van der Waals surface area contributed by atoms with E-state index >= 15 is 0 Å². The summed E-state index contributed by atoms with van der Waals surface area (Å²) in [5.41, 5.74) is 0.953. The third kappa shape index (κ3) is 3.61. The minimum Gasteiger partial charge on any atom is -0.507 e. The van der Waals surface area contributed by atoms with Gasteiger partial charge in [0.15, 0.2) is 0 Å². The van der Waals surface area contributed by atoms with Crippen molar-refractivity contribution in [1.82, 2.24) is 4.90 Å². The van der Waals surface area contributed by atoms with Crippen LogP contribution in [0.5, 0.6) is 5.75 Å². The van der Waals surface area contributed by atoms with Gasteiger partial charge >= 0.3 is 0 Å². The highest BCUT2D eigenvalue weighted by molar-refractivity contribution is 6.46. The second kappa shape index (κ2) is 8.46. The lowest BCUT2D eigenvalue weighted by atomic mass is 9.94. The first-order chi connectivity index (χ1) is 13.5. The molecule has 3 rings (SSSR count). The Kier molecular flexibility index (Phi) is 6.02. The number of carbonyl (C=O) groups is 2. The molecule has 1 unspecified atom stereocenters. The number of benzene rings is 2. The van der Waals surface area contributed by atoms with Crippen molar-refractivity contribution in [3.63, 3.8) is 0 Å². The minimum atomic E-state index is -0.801. The van der Waals surface area contributed by atoms with E-state index < -0.39 is 17.7 Å². The van der Waals surface area contributed by atoms with Gasteiger partial charge in [-0.2, -0.15) is 0 Å². The van der Waals surface area contributed by atoms with Crippen molar-refractivity contribution in [2.75, 3.05) is 27.4 Å².